The van der Waals surface area contributed by atoms with Crippen LogP contribution >= 0.6 is 0 Å². The predicted octanol–water partition coefficient (Wildman–Crippen LogP) is 5.35. The van der Waals surface area contributed by atoms with E-state index in [2.05, 4.69) is 64.4 Å². The molecule has 6 rings (SSSR count). The molecule has 188 valence electrons. The molecule has 0 atom stereocenters. The largest absolute Gasteiger partial charge is 0.368 e. The van der Waals surface area contributed by atoms with Gasteiger partial charge in [-0.05, 0) is 67.4 Å². The summed E-state index contributed by atoms with van der Waals surface area (Å²) in [6.45, 7) is 8.63. The number of benzene rings is 3. The summed E-state index contributed by atoms with van der Waals surface area (Å²) >= 11 is 0. The highest BCUT2D eigenvalue weighted by molar-refractivity contribution is 6.06. The average molecular weight is 492 g/mol. The van der Waals surface area contributed by atoms with Crippen molar-refractivity contribution in [3.8, 4) is 0 Å². The first-order valence-electron chi connectivity index (χ1n) is 13.2. The van der Waals surface area contributed by atoms with Gasteiger partial charge >= 0.3 is 6.03 Å². The molecule has 3 heterocycles. The van der Waals surface area contributed by atoms with Crippen LogP contribution < -0.4 is 14.7 Å². The number of aryl methyl sites for hydroxylation is 1. The van der Waals surface area contributed by atoms with E-state index in [1.165, 1.54) is 16.6 Å². The fourth-order valence-corrected chi connectivity index (χ4v) is 5.52. The maximum atomic E-state index is 13.1. The highest BCUT2D eigenvalue weighted by atomic mass is 16.2. The van der Waals surface area contributed by atoms with Crippen LogP contribution in [0.3, 0.4) is 0 Å². The van der Waals surface area contributed by atoms with Crippen molar-refractivity contribution >= 4 is 34.0 Å². The van der Waals surface area contributed by atoms with Crippen LogP contribution in [0, 0.1) is 6.92 Å². The normalized spacial score (nSPS) is 16.7. The number of carbonyl (C=O) groups is 1. The van der Waals surface area contributed by atoms with Crippen LogP contribution in [-0.4, -0.2) is 61.7 Å². The quantitative estimate of drug-likeness (QED) is 0.365. The van der Waals surface area contributed by atoms with E-state index in [0.29, 0.717) is 13.1 Å². The minimum atomic E-state index is 0.0540. The summed E-state index contributed by atoms with van der Waals surface area (Å²) in [6, 6.07) is 29.2. The molecular weight excluding hydrogens is 458 g/mol. The molecule has 2 aliphatic heterocycles. The number of aromatic nitrogens is 1. The molecule has 0 aliphatic carbocycles. The Balaban J connectivity index is 1.06. The smallest absolute Gasteiger partial charge is 0.329 e. The summed E-state index contributed by atoms with van der Waals surface area (Å²) in [4.78, 5) is 26.6. The third-order valence-corrected chi connectivity index (χ3v) is 7.58. The van der Waals surface area contributed by atoms with Gasteiger partial charge in [-0.2, -0.15) is 0 Å². The van der Waals surface area contributed by atoms with Crippen molar-refractivity contribution in [1.82, 2.24) is 9.88 Å². The van der Waals surface area contributed by atoms with E-state index in [0.717, 1.165) is 61.7 Å². The lowest BCUT2D eigenvalue weighted by molar-refractivity contribution is 0.256. The number of rotatable bonds is 6. The zero-order valence-corrected chi connectivity index (χ0v) is 21.4. The lowest BCUT2D eigenvalue weighted by atomic mass is 10.1. The second-order valence-electron chi connectivity index (χ2n) is 9.97. The number of para-hydroxylation sites is 1. The highest BCUT2D eigenvalue weighted by Crippen LogP contribution is 2.28. The molecule has 2 amide bonds. The molecule has 37 heavy (non-hydrogen) atoms. The van der Waals surface area contributed by atoms with E-state index in [4.69, 9.17) is 4.98 Å². The van der Waals surface area contributed by atoms with Crippen LogP contribution in [0.4, 0.5) is 21.9 Å². The number of amides is 2. The van der Waals surface area contributed by atoms with Crippen LogP contribution in [0.2, 0.25) is 0 Å². The lowest BCUT2D eigenvalue weighted by Crippen LogP contribution is -2.47. The van der Waals surface area contributed by atoms with Gasteiger partial charge in [0.25, 0.3) is 0 Å². The van der Waals surface area contributed by atoms with E-state index in [9.17, 15) is 4.79 Å². The van der Waals surface area contributed by atoms with Crippen molar-refractivity contribution in [2.24, 2.45) is 0 Å². The number of nitrogens with zero attached hydrogens (tertiary/aromatic N) is 5. The van der Waals surface area contributed by atoms with Crippen molar-refractivity contribution < 1.29 is 4.79 Å². The van der Waals surface area contributed by atoms with Gasteiger partial charge in [-0.25, -0.2) is 4.79 Å². The van der Waals surface area contributed by atoms with E-state index in [-0.39, 0.29) is 6.03 Å². The maximum absolute atomic E-state index is 13.1. The predicted molar refractivity (Wildman–Crippen MR) is 152 cm³/mol. The molecule has 2 saturated heterocycles. The van der Waals surface area contributed by atoms with Crippen LogP contribution in [-0.2, 0) is 6.42 Å². The molecule has 0 unspecified atom stereocenters. The molecule has 0 spiro atoms. The Kier molecular flexibility index (Phi) is 6.49. The maximum Gasteiger partial charge on any atom is 0.329 e. The second-order valence-corrected chi connectivity index (χ2v) is 9.97. The molecular formula is C31H33N5O. The Labute approximate surface area is 218 Å². The molecule has 3 aromatic carbocycles. The molecule has 0 saturated carbocycles. The number of anilines is 3. The van der Waals surface area contributed by atoms with Crippen LogP contribution in [0.25, 0.3) is 10.9 Å². The Morgan fingerprint density at radius 1 is 0.730 bits per heavy atom. The van der Waals surface area contributed by atoms with E-state index in [1.807, 2.05) is 47.1 Å². The molecule has 0 bridgehead atoms. The second kappa shape index (κ2) is 10.2. The SMILES string of the molecule is Cc1ccc2c(N3CCN(CCc4cccc(N5CCN(c6ccccc6)C5=O)c4)CC3)cccc2n1. The van der Waals surface area contributed by atoms with Crippen LogP contribution in [0.1, 0.15) is 11.3 Å². The summed E-state index contributed by atoms with van der Waals surface area (Å²) in [7, 11) is 0. The van der Waals surface area contributed by atoms with Crippen molar-refractivity contribution in [1.29, 1.82) is 0 Å². The summed E-state index contributed by atoms with van der Waals surface area (Å²) in [5.74, 6) is 0. The fraction of sp³-hybridized carbons (Fsp3) is 0.290. The van der Waals surface area contributed by atoms with Gasteiger partial charge < -0.3 is 4.90 Å². The highest BCUT2D eigenvalue weighted by Gasteiger charge is 2.30. The zero-order valence-electron chi connectivity index (χ0n) is 21.4. The van der Waals surface area contributed by atoms with Gasteiger partial charge in [0.05, 0.1) is 5.52 Å². The number of fused-ring (bicyclic) bond motifs is 1. The van der Waals surface area contributed by atoms with Gasteiger partial charge in [0.1, 0.15) is 0 Å². The minimum absolute atomic E-state index is 0.0540. The topological polar surface area (TPSA) is 42.9 Å². The van der Waals surface area contributed by atoms with Gasteiger partial charge in [-0.15, -0.1) is 0 Å². The fourth-order valence-electron chi connectivity index (χ4n) is 5.52. The molecule has 4 aromatic rings. The van der Waals surface area contributed by atoms with Crippen molar-refractivity contribution in [2.75, 3.05) is 60.5 Å². The van der Waals surface area contributed by atoms with Crippen LogP contribution in [0.15, 0.2) is 84.9 Å². The molecule has 1 aromatic heterocycles. The Morgan fingerprint density at radius 2 is 1.46 bits per heavy atom. The third kappa shape index (κ3) is 4.89. The van der Waals surface area contributed by atoms with Gasteiger partial charge in [0, 0.05) is 74.0 Å². The van der Waals surface area contributed by atoms with Crippen LogP contribution in [0.5, 0.6) is 0 Å². The minimum Gasteiger partial charge on any atom is -0.368 e. The number of piperazine rings is 1. The summed E-state index contributed by atoms with van der Waals surface area (Å²) < 4.78 is 0. The number of hydrogen-bond donors (Lipinski definition) is 0. The molecule has 0 radical (unpaired) electrons. The number of pyridine rings is 1. The van der Waals surface area contributed by atoms with Gasteiger partial charge in [0.2, 0.25) is 0 Å². The number of carbonyl (C=O) groups excluding carboxylic acids is 1. The van der Waals surface area contributed by atoms with E-state index >= 15 is 0 Å². The monoisotopic (exact) mass is 491 g/mol. The molecule has 0 N–H and O–H groups in total. The van der Waals surface area contributed by atoms with Crippen molar-refractivity contribution in [3.05, 3.63) is 96.2 Å². The number of hydrogen-bond acceptors (Lipinski definition) is 4. The van der Waals surface area contributed by atoms with Gasteiger partial charge in [-0.3, -0.25) is 19.7 Å². The molecule has 6 heteroatoms. The Hall–Kier alpha value is -3.90. The van der Waals surface area contributed by atoms with E-state index in [1.54, 1.807) is 0 Å². The third-order valence-electron chi connectivity index (χ3n) is 7.58. The Bertz CT molecular complexity index is 1400. The van der Waals surface area contributed by atoms with E-state index < -0.39 is 0 Å². The standard InChI is InChI=1S/C31H33N5O/c1-24-13-14-28-29(32-24)11-6-12-30(28)34-19-17-33(18-20-34)16-15-25-7-5-10-27(23-25)36-22-21-35(31(36)37)26-8-3-2-4-9-26/h2-14,23H,15-22H2,1H3. The first-order valence-corrected chi connectivity index (χ1v) is 13.2. The first kappa shape index (κ1) is 23.5. The van der Waals surface area contributed by atoms with Gasteiger partial charge in [-0.1, -0.05) is 36.4 Å². The molecule has 6 nitrogen and oxygen atoms in total. The lowest BCUT2D eigenvalue weighted by Gasteiger charge is -2.36. The molecule has 2 fully saturated rings. The average Bonchev–Trinajstić information content (AvgIpc) is 3.33. The van der Waals surface area contributed by atoms with Crippen molar-refractivity contribution in [2.45, 2.75) is 13.3 Å². The Morgan fingerprint density at radius 3 is 2.27 bits per heavy atom. The number of urea groups is 1. The first-order chi connectivity index (χ1) is 18.2. The summed E-state index contributed by atoms with van der Waals surface area (Å²) in [5.41, 5.74) is 6.65. The summed E-state index contributed by atoms with van der Waals surface area (Å²) in [6.07, 6.45) is 0.982. The van der Waals surface area contributed by atoms with Gasteiger partial charge in [0.15, 0.2) is 0 Å². The van der Waals surface area contributed by atoms with Crippen molar-refractivity contribution in [3.63, 3.8) is 0 Å². The summed E-state index contributed by atoms with van der Waals surface area (Å²) in [5, 5.41) is 1.24. The molecule has 2 aliphatic rings. The zero-order chi connectivity index (χ0) is 25.2.